The minimum absolute atomic E-state index is 0.00607. The second-order valence-electron chi connectivity index (χ2n) is 7.98. The number of rotatable bonds is 10. The molecule has 184 valence electrons. The Balaban J connectivity index is 1.94. The standard InChI is InChI=1S/C25H30ClNO7/c1-16-7-8-17(11-24(28)32-4)10-18(16)21-6-5-9-27(21)25(29)19-12-20(26)23(34-15-31-3)13-22(19)33-14-30-2/h7-8,10,12-13,21H,5-6,9,11,14-15H2,1-4H3. The van der Waals surface area contributed by atoms with Crippen molar-refractivity contribution >= 4 is 23.5 Å². The van der Waals surface area contributed by atoms with Crippen LogP contribution < -0.4 is 9.47 Å². The summed E-state index contributed by atoms with van der Waals surface area (Å²) in [5, 5.41) is 0.275. The van der Waals surface area contributed by atoms with Crippen LogP contribution in [0, 0.1) is 6.92 Å². The molecule has 34 heavy (non-hydrogen) atoms. The van der Waals surface area contributed by atoms with E-state index in [0.717, 1.165) is 29.5 Å². The largest absolute Gasteiger partial charge is 0.469 e. The normalized spacial score (nSPS) is 15.3. The van der Waals surface area contributed by atoms with Crippen molar-refractivity contribution in [2.45, 2.75) is 32.2 Å². The first-order valence-corrected chi connectivity index (χ1v) is 11.3. The molecule has 9 heteroatoms. The summed E-state index contributed by atoms with van der Waals surface area (Å²) >= 11 is 6.40. The van der Waals surface area contributed by atoms with Crippen LogP contribution in [0.5, 0.6) is 11.5 Å². The van der Waals surface area contributed by atoms with Gasteiger partial charge in [0.1, 0.15) is 11.5 Å². The molecule has 1 fully saturated rings. The van der Waals surface area contributed by atoms with Crippen LogP contribution in [0.2, 0.25) is 5.02 Å². The number of benzene rings is 2. The smallest absolute Gasteiger partial charge is 0.309 e. The zero-order chi connectivity index (χ0) is 24.7. The van der Waals surface area contributed by atoms with Crippen molar-refractivity contribution in [1.29, 1.82) is 0 Å². The van der Waals surface area contributed by atoms with Gasteiger partial charge in [0, 0.05) is 26.8 Å². The molecule has 0 aliphatic carbocycles. The van der Waals surface area contributed by atoms with Gasteiger partial charge in [0.2, 0.25) is 0 Å². The zero-order valence-corrected chi connectivity index (χ0v) is 20.6. The molecule has 0 bridgehead atoms. The molecule has 0 aromatic heterocycles. The zero-order valence-electron chi connectivity index (χ0n) is 19.9. The van der Waals surface area contributed by atoms with E-state index in [9.17, 15) is 9.59 Å². The van der Waals surface area contributed by atoms with Crippen LogP contribution in [-0.2, 0) is 25.4 Å². The lowest BCUT2D eigenvalue weighted by Gasteiger charge is -2.28. The van der Waals surface area contributed by atoms with Gasteiger partial charge in [-0.1, -0.05) is 29.8 Å². The topological polar surface area (TPSA) is 83.5 Å². The summed E-state index contributed by atoms with van der Waals surface area (Å²) in [7, 11) is 4.37. The Morgan fingerprint density at radius 3 is 2.41 bits per heavy atom. The van der Waals surface area contributed by atoms with Gasteiger partial charge in [-0.2, -0.15) is 0 Å². The highest BCUT2D eigenvalue weighted by molar-refractivity contribution is 6.32. The fourth-order valence-corrected chi connectivity index (χ4v) is 4.28. The molecule has 2 aromatic rings. The third-order valence-corrected chi connectivity index (χ3v) is 6.02. The number of nitrogens with zero attached hydrogens (tertiary/aromatic N) is 1. The van der Waals surface area contributed by atoms with Crippen molar-refractivity contribution in [3.05, 3.63) is 57.6 Å². The van der Waals surface area contributed by atoms with Gasteiger partial charge >= 0.3 is 5.97 Å². The number of hydrogen-bond donors (Lipinski definition) is 0. The summed E-state index contributed by atoms with van der Waals surface area (Å²) in [6.45, 7) is 2.56. The van der Waals surface area contributed by atoms with E-state index in [1.54, 1.807) is 12.1 Å². The lowest BCUT2D eigenvalue weighted by Crippen LogP contribution is -2.31. The van der Waals surface area contributed by atoms with E-state index in [1.807, 2.05) is 30.0 Å². The highest BCUT2D eigenvalue weighted by Gasteiger charge is 2.33. The summed E-state index contributed by atoms with van der Waals surface area (Å²) < 4.78 is 26.0. The van der Waals surface area contributed by atoms with Gasteiger partial charge in [-0.05, 0) is 42.5 Å². The lowest BCUT2D eigenvalue weighted by atomic mass is 9.95. The first kappa shape index (κ1) is 25.8. The number of ether oxygens (including phenoxy) is 5. The fourth-order valence-electron chi connectivity index (χ4n) is 4.06. The van der Waals surface area contributed by atoms with Crippen molar-refractivity contribution in [3.8, 4) is 11.5 Å². The molecule has 0 saturated carbocycles. The average molecular weight is 492 g/mol. The predicted molar refractivity (Wildman–Crippen MR) is 126 cm³/mol. The molecule has 0 spiro atoms. The molecule has 0 radical (unpaired) electrons. The molecule has 1 atom stereocenters. The van der Waals surface area contributed by atoms with Crippen molar-refractivity contribution in [1.82, 2.24) is 4.90 Å². The maximum atomic E-state index is 13.7. The Morgan fingerprint density at radius 1 is 1.03 bits per heavy atom. The average Bonchev–Trinajstić information content (AvgIpc) is 3.32. The highest BCUT2D eigenvalue weighted by atomic mass is 35.5. The predicted octanol–water partition coefficient (Wildman–Crippen LogP) is 4.31. The first-order chi connectivity index (χ1) is 16.4. The molecule has 2 aromatic carbocycles. The van der Waals surface area contributed by atoms with Crippen LogP contribution in [0.15, 0.2) is 30.3 Å². The van der Waals surface area contributed by atoms with Crippen LogP contribution >= 0.6 is 11.6 Å². The Hall–Kier alpha value is -2.81. The number of hydrogen-bond acceptors (Lipinski definition) is 7. The third-order valence-electron chi connectivity index (χ3n) is 5.72. The summed E-state index contributed by atoms with van der Waals surface area (Å²) in [4.78, 5) is 27.3. The number of halogens is 1. The van der Waals surface area contributed by atoms with Crippen LogP contribution in [0.25, 0.3) is 0 Å². The van der Waals surface area contributed by atoms with Gasteiger partial charge in [0.15, 0.2) is 13.6 Å². The minimum atomic E-state index is -0.306. The van der Waals surface area contributed by atoms with E-state index in [1.165, 1.54) is 21.3 Å². The van der Waals surface area contributed by atoms with Gasteiger partial charge in [0.05, 0.1) is 30.2 Å². The summed E-state index contributed by atoms with van der Waals surface area (Å²) in [5.74, 6) is 0.144. The first-order valence-electron chi connectivity index (χ1n) is 10.9. The lowest BCUT2D eigenvalue weighted by molar-refractivity contribution is -0.139. The minimum Gasteiger partial charge on any atom is -0.469 e. The molecule has 1 saturated heterocycles. The van der Waals surface area contributed by atoms with E-state index < -0.39 is 0 Å². The number of methoxy groups -OCH3 is 3. The number of carbonyl (C=O) groups is 2. The maximum Gasteiger partial charge on any atom is 0.309 e. The number of aryl methyl sites for hydroxylation is 1. The van der Waals surface area contributed by atoms with Gasteiger partial charge in [0.25, 0.3) is 5.91 Å². The summed E-state index contributed by atoms with van der Waals surface area (Å²) in [5.41, 5.74) is 3.23. The molecule has 3 rings (SSSR count). The van der Waals surface area contributed by atoms with Gasteiger partial charge < -0.3 is 28.6 Å². The van der Waals surface area contributed by atoms with Gasteiger partial charge in [-0.3, -0.25) is 9.59 Å². The summed E-state index contributed by atoms with van der Waals surface area (Å²) in [6.07, 6.45) is 1.84. The van der Waals surface area contributed by atoms with Crippen molar-refractivity contribution in [2.24, 2.45) is 0 Å². The molecule has 1 aliphatic rings. The number of amides is 1. The molecule has 1 heterocycles. The Kier molecular flexibility index (Phi) is 9.15. The number of carbonyl (C=O) groups excluding carboxylic acids is 2. The quantitative estimate of drug-likeness (QED) is 0.362. The molecule has 8 nitrogen and oxygen atoms in total. The van der Waals surface area contributed by atoms with E-state index in [0.29, 0.717) is 23.6 Å². The van der Waals surface area contributed by atoms with Gasteiger partial charge in [-0.15, -0.1) is 0 Å². The van der Waals surface area contributed by atoms with E-state index in [-0.39, 0.29) is 42.9 Å². The monoisotopic (exact) mass is 491 g/mol. The molecular weight excluding hydrogens is 462 g/mol. The summed E-state index contributed by atoms with van der Waals surface area (Å²) in [6, 6.07) is 8.85. The van der Waals surface area contributed by atoms with Crippen molar-refractivity contribution in [2.75, 3.05) is 41.5 Å². The molecule has 1 aliphatic heterocycles. The van der Waals surface area contributed by atoms with E-state index in [2.05, 4.69) is 0 Å². The highest BCUT2D eigenvalue weighted by Crippen LogP contribution is 2.39. The van der Waals surface area contributed by atoms with Crippen molar-refractivity contribution < 1.29 is 33.3 Å². The maximum absolute atomic E-state index is 13.7. The number of likely N-dealkylation sites (tertiary alicyclic amines) is 1. The van der Waals surface area contributed by atoms with Crippen LogP contribution in [-0.4, -0.2) is 58.2 Å². The van der Waals surface area contributed by atoms with Crippen LogP contribution in [0.3, 0.4) is 0 Å². The van der Waals surface area contributed by atoms with Crippen molar-refractivity contribution in [3.63, 3.8) is 0 Å². The Bertz CT molecular complexity index is 1030. The van der Waals surface area contributed by atoms with Crippen LogP contribution in [0.1, 0.15) is 45.9 Å². The van der Waals surface area contributed by atoms with E-state index in [4.69, 9.17) is 35.3 Å². The SMILES string of the molecule is COCOc1cc(OCOC)c(C(=O)N2CCCC2c2cc(CC(=O)OC)ccc2C)cc1Cl. The number of esters is 1. The Morgan fingerprint density at radius 2 is 1.74 bits per heavy atom. The molecule has 0 N–H and O–H groups in total. The molecule has 1 amide bonds. The van der Waals surface area contributed by atoms with E-state index >= 15 is 0 Å². The second-order valence-corrected chi connectivity index (χ2v) is 8.39. The van der Waals surface area contributed by atoms with Gasteiger partial charge in [-0.25, -0.2) is 0 Å². The molecular formula is C25H30ClNO7. The molecule has 1 unspecified atom stereocenters. The third kappa shape index (κ3) is 6.00. The Labute approximate surface area is 204 Å². The van der Waals surface area contributed by atoms with Crippen LogP contribution in [0.4, 0.5) is 0 Å². The fraction of sp³-hybridized carbons (Fsp3) is 0.440. The second kappa shape index (κ2) is 12.1.